The fourth-order valence-electron chi connectivity index (χ4n) is 2.33. The molecule has 0 saturated carbocycles. The summed E-state index contributed by atoms with van der Waals surface area (Å²) in [4.78, 5) is 8.88. The minimum absolute atomic E-state index is 0.0513. The van der Waals surface area contributed by atoms with Gasteiger partial charge in [-0.15, -0.1) is 0 Å². The molecule has 0 amide bonds. The molecule has 0 aliphatic carbocycles. The second-order valence-electron chi connectivity index (χ2n) is 6.18. The molecule has 0 unspecified atom stereocenters. The Labute approximate surface area is 154 Å². The molecule has 0 saturated heterocycles. The third-order valence-corrected chi connectivity index (χ3v) is 4.55. The lowest BCUT2D eigenvalue weighted by atomic mass is 10.1. The predicted octanol–water partition coefficient (Wildman–Crippen LogP) is 2.09. The van der Waals surface area contributed by atoms with E-state index in [9.17, 15) is 8.42 Å². The molecule has 2 aromatic rings. The van der Waals surface area contributed by atoms with Gasteiger partial charge in [0, 0.05) is 12.8 Å². The average molecular weight is 378 g/mol. The molecule has 0 fully saturated rings. The van der Waals surface area contributed by atoms with Crippen LogP contribution in [0.1, 0.15) is 35.4 Å². The van der Waals surface area contributed by atoms with Crippen LogP contribution in [-0.2, 0) is 28.7 Å². The molecule has 2 rings (SSSR count). The molecule has 8 heteroatoms. The van der Waals surface area contributed by atoms with Crippen molar-refractivity contribution < 1.29 is 12.8 Å². The van der Waals surface area contributed by atoms with Gasteiger partial charge in [0.15, 0.2) is 15.8 Å². The van der Waals surface area contributed by atoms with Gasteiger partial charge in [0.1, 0.15) is 5.76 Å². The number of aliphatic imine (C=N–C) groups is 1. The number of sulfone groups is 1. The van der Waals surface area contributed by atoms with Crippen molar-refractivity contribution in [3.05, 3.63) is 52.7 Å². The number of hydrogen-bond donors (Lipinski definition) is 2. The van der Waals surface area contributed by atoms with E-state index < -0.39 is 9.84 Å². The lowest BCUT2D eigenvalue weighted by molar-refractivity contribution is 0.463. The quantitative estimate of drug-likeness (QED) is 0.566. The molecule has 0 atom stereocenters. The summed E-state index contributed by atoms with van der Waals surface area (Å²) in [7, 11) is -3.02. The molecule has 0 aliphatic heterocycles. The maximum atomic E-state index is 11.3. The van der Waals surface area contributed by atoms with E-state index in [4.69, 9.17) is 4.42 Å². The molecule has 0 radical (unpaired) electrons. The number of nitrogens with one attached hydrogen (secondary N) is 2. The second kappa shape index (κ2) is 8.84. The first-order valence-corrected chi connectivity index (χ1v) is 10.5. The Balaban J connectivity index is 1.97. The summed E-state index contributed by atoms with van der Waals surface area (Å²) < 4.78 is 28.2. The van der Waals surface area contributed by atoms with Gasteiger partial charge in [0.05, 0.1) is 24.5 Å². The largest absolute Gasteiger partial charge is 0.444 e. The van der Waals surface area contributed by atoms with Gasteiger partial charge in [-0.2, -0.15) is 0 Å². The van der Waals surface area contributed by atoms with Gasteiger partial charge < -0.3 is 15.1 Å². The molecule has 142 valence electrons. The number of nitrogens with zero attached hydrogens (tertiary/aromatic N) is 2. The van der Waals surface area contributed by atoms with Gasteiger partial charge in [-0.3, -0.25) is 0 Å². The lowest BCUT2D eigenvalue weighted by Gasteiger charge is -2.10. The SMILES string of the molecule is CCNC(=NCc1ccc(CS(C)(=O)=O)cc1)NCc1nc(C)c(C)o1. The lowest BCUT2D eigenvalue weighted by Crippen LogP contribution is -2.36. The van der Waals surface area contributed by atoms with E-state index in [1.54, 1.807) is 0 Å². The molecule has 2 N–H and O–H groups in total. The summed E-state index contributed by atoms with van der Waals surface area (Å²) in [6.45, 7) is 7.47. The summed E-state index contributed by atoms with van der Waals surface area (Å²) >= 11 is 0. The highest BCUT2D eigenvalue weighted by Gasteiger charge is 2.07. The van der Waals surface area contributed by atoms with Crippen LogP contribution in [0.2, 0.25) is 0 Å². The monoisotopic (exact) mass is 378 g/mol. The van der Waals surface area contributed by atoms with Crippen molar-refractivity contribution in [3.63, 3.8) is 0 Å². The second-order valence-corrected chi connectivity index (χ2v) is 8.32. The Kier molecular flexibility index (Phi) is 6.79. The summed E-state index contributed by atoms with van der Waals surface area (Å²) in [6, 6.07) is 7.44. The Morgan fingerprint density at radius 3 is 2.35 bits per heavy atom. The third kappa shape index (κ3) is 6.51. The number of guanidine groups is 1. The molecular weight excluding hydrogens is 352 g/mol. The van der Waals surface area contributed by atoms with E-state index >= 15 is 0 Å². The molecule has 0 aliphatic rings. The minimum Gasteiger partial charge on any atom is -0.444 e. The molecule has 7 nitrogen and oxygen atoms in total. The van der Waals surface area contributed by atoms with E-state index in [1.807, 2.05) is 45.0 Å². The molecular formula is C18H26N4O3S. The molecule has 1 aromatic carbocycles. The Morgan fingerprint density at radius 1 is 1.15 bits per heavy atom. The van der Waals surface area contributed by atoms with E-state index in [0.717, 1.165) is 29.1 Å². The summed E-state index contributed by atoms with van der Waals surface area (Å²) in [6.07, 6.45) is 1.23. The zero-order chi connectivity index (χ0) is 19.2. The first-order valence-electron chi connectivity index (χ1n) is 8.47. The van der Waals surface area contributed by atoms with Crippen LogP contribution < -0.4 is 10.6 Å². The van der Waals surface area contributed by atoms with E-state index in [-0.39, 0.29) is 5.75 Å². The van der Waals surface area contributed by atoms with Gasteiger partial charge in [0.2, 0.25) is 5.89 Å². The number of rotatable bonds is 7. The van der Waals surface area contributed by atoms with Crippen LogP contribution in [0.4, 0.5) is 0 Å². The molecule has 26 heavy (non-hydrogen) atoms. The maximum absolute atomic E-state index is 11.3. The highest BCUT2D eigenvalue weighted by molar-refractivity contribution is 7.89. The topological polar surface area (TPSA) is 96.6 Å². The van der Waals surface area contributed by atoms with Crippen molar-refractivity contribution in [1.82, 2.24) is 15.6 Å². The van der Waals surface area contributed by atoms with Crippen LogP contribution in [0, 0.1) is 13.8 Å². The summed E-state index contributed by atoms with van der Waals surface area (Å²) in [5.41, 5.74) is 2.67. The van der Waals surface area contributed by atoms with Gasteiger partial charge >= 0.3 is 0 Å². The highest BCUT2D eigenvalue weighted by Crippen LogP contribution is 2.09. The van der Waals surface area contributed by atoms with Crippen LogP contribution in [0.3, 0.4) is 0 Å². The van der Waals surface area contributed by atoms with E-state index in [2.05, 4.69) is 20.6 Å². The first kappa shape index (κ1) is 20.0. The van der Waals surface area contributed by atoms with Gasteiger partial charge in [-0.05, 0) is 31.9 Å². The third-order valence-electron chi connectivity index (χ3n) is 3.70. The Morgan fingerprint density at radius 2 is 1.81 bits per heavy atom. The summed E-state index contributed by atoms with van der Waals surface area (Å²) in [5.74, 6) is 2.16. The van der Waals surface area contributed by atoms with E-state index in [0.29, 0.717) is 24.9 Å². The Bertz CT molecular complexity index is 836. The van der Waals surface area contributed by atoms with Crippen LogP contribution >= 0.6 is 0 Å². The minimum atomic E-state index is -3.02. The molecule has 0 bridgehead atoms. The van der Waals surface area contributed by atoms with Crippen molar-refractivity contribution in [3.8, 4) is 0 Å². The van der Waals surface area contributed by atoms with Crippen molar-refractivity contribution in [2.45, 2.75) is 39.6 Å². The first-order chi connectivity index (χ1) is 12.3. The van der Waals surface area contributed by atoms with Gasteiger partial charge in [0.25, 0.3) is 0 Å². The van der Waals surface area contributed by atoms with Crippen LogP contribution in [0.15, 0.2) is 33.7 Å². The van der Waals surface area contributed by atoms with Crippen molar-refractivity contribution in [2.24, 2.45) is 4.99 Å². The number of aryl methyl sites for hydroxylation is 2. The van der Waals surface area contributed by atoms with Crippen LogP contribution in [0.5, 0.6) is 0 Å². The normalized spacial score (nSPS) is 12.2. The van der Waals surface area contributed by atoms with Crippen LogP contribution in [0.25, 0.3) is 0 Å². The van der Waals surface area contributed by atoms with Crippen molar-refractivity contribution in [1.29, 1.82) is 0 Å². The fourth-order valence-corrected chi connectivity index (χ4v) is 3.13. The Hall–Kier alpha value is -2.35. The molecule has 1 heterocycles. The van der Waals surface area contributed by atoms with Crippen molar-refractivity contribution >= 4 is 15.8 Å². The average Bonchev–Trinajstić information content (AvgIpc) is 2.88. The zero-order valence-electron chi connectivity index (χ0n) is 15.7. The smallest absolute Gasteiger partial charge is 0.214 e. The molecule has 0 spiro atoms. The summed E-state index contributed by atoms with van der Waals surface area (Å²) in [5, 5.41) is 6.37. The standard InChI is InChI=1S/C18H26N4O3S/c1-5-19-18(21-11-17-22-13(2)14(3)25-17)20-10-15-6-8-16(9-7-15)12-26(4,23)24/h6-9H,5,10-12H2,1-4H3,(H2,19,20,21). The zero-order valence-corrected chi connectivity index (χ0v) is 16.5. The highest BCUT2D eigenvalue weighted by atomic mass is 32.2. The fraction of sp³-hybridized carbons (Fsp3) is 0.444. The predicted molar refractivity (Wildman–Crippen MR) is 103 cm³/mol. The maximum Gasteiger partial charge on any atom is 0.214 e. The van der Waals surface area contributed by atoms with E-state index in [1.165, 1.54) is 6.26 Å². The number of hydrogen-bond acceptors (Lipinski definition) is 5. The van der Waals surface area contributed by atoms with Crippen LogP contribution in [-0.4, -0.2) is 32.2 Å². The number of oxazole rings is 1. The van der Waals surface area contributed by atoms with Gasteiger partial charge in [-0.25, -0.2) is 18.4 Å². The van der Waals surface area contributed by atoms with Gasteiger partial charge in [-0.1, -0.05) is 24.3 Å². The number of aromatic nitrogens is 1. The van der Waals surface area contributed by atoms with Crippen molar-refractivity contribution in [2.75, 3.05) is 12.8 Å². The molecule has 1 aromatic heterocycles. The number of benzene rings is 1.